The highest BCUT2D eigenvalue weighted by atomic mass is 16.1. The predicted octanol–water partition coefficient (Wildman–Crippen LogP) is 3.26. The lowest BCUT2D eigenvalue weighted by Crippen LogP contribution is -2.39. The van der Waals surface area contributed by atoms with E-state index in [1.165, 1.54) is 0 Å². The number of nitrogens with one attached hydrogen (secondary N) is 1. The molecule has 0 heterocycles. The van der Waals surface area contributed by atoms with Crippen molar-refractivity contribution in [2.45, 2.75) is 45.6 Å². The molecule has 0 aliphatic heterocycles. The minimum Gasteiger partial charge on any atom is -0.349 e. The SMILES string of the molecule is CC1(C)CCC(NC(=O)c2cccc(C#N)c2)CC1. The van der Waals surface area contributed by atoms with Gasteiger partial charge in [-0.25, -0.2) is 0 Å². The van der Waals surface area contributed by atoms with Gasteiger partial charge in [0, 0.05) is 11.6 Å². The van der Waals surface area contributed by atoms with Crippen LogP contribution in [0, 0.1) is 16.7 Å². The Balaban J connectivity index is 1.96. The maximum atomic E-state index is 12.1. The molecular weight excluding hydrogens is 236 g/mol. The summed E-state index contributed by atoms with van der Waals surface area (Å²) in [5.74, 6) is -0.0678. The Hall–Kier alpha value is -1.82. The molecular formula is C16H20N2O. The fourth-order valence-corrected chi connectivity index (χ4v) is 2.54. The van der Waals surface area contributed by atoms with Gasteiger partial charge < -0.3 is 5.32 Å². The van der Waals surface area contributed by atoms with Crippen molar-refractivity contribution in [2.24, 2.45) is 5.41 Å². The summed E-state index contributed by atoms with van der Waals surface area (Å²) in [6.07, 6.45) is 4.37. The number of nitriles is 1. The van der Waals surface area contributed by atoms with E-state index in [9.17, 15) is 4.79 Å². The van der Waals surface area contributed by atoms with E-state index >= 15 is 0 Å². The molecule has 3 nitrogen and oxygen atoms in total. The van der Waals surface area contributed by atoms with E-state index in [1.54, 1.807) is 24.3 Å². The van der Waals surface area contributed by atoms with E-state index in [-0.39, 0.29) is 11.9 Å². The van der Waals surface area contributed by atoms with Crippen LogP contribution in [0.1, 0.15) is 55.5 Å². The van der Waals surface area contributed by atoms with Crippen LogP contribution in [0.2, 0.25) is 0 Å². The average molecular weight is 256 g/mol. The average Bonchev–Trinajstić information content (AvgIpc) is 2.41. The lowest BCUT2D eigenvalue weighted by Gasteiger charge is -2.34. The molecule has 1 fully saturated rings. The van der Waals surface area contributed by atoms with Crippen LogP contribution in [-0.2, 0) is 0 Å². The van der Waals surface area contributed by atoms with Gasteiger partial charge in [-0.1, -0.05) is 19.9 Å². The van der Waals surface area contributed by atoms with Gasteiger partial charge >= 0.3 is 0 Å². The highest BCUT2D eigenvalue weighted by Crippen LogP contribution is 2.35. The Kier molecular flexibility index (Phi) is 3.90. The molecule has 1 aromatic rings. The third-order valence-corrected chi connectivity index (χ3v) is 3.93. The number of hydrogen-bond donors (Lipinski definition) is 1. The van der Waals surface area contributed by atoms with Gasteiger partial charge in [0.05, 0.1) is 11.6 Å². The summed E-state index contributed by atoms with van der Waals surface area (Å²) in [5, 5.41) is 11.9. The van der Waals surface area contributed by atoms with E-state index in [2.05, 4.69) is 25.2 Å². The first kappa shape index (κ1) is 13.6. The summed E-state index contributed by atoms with van der Waals surface area (Å²) in [6, 6.07) is 9.18. The van der Waals surface area contributed by atoms with Crippen molar-refractivity contribution in [2.75, 3.05) is 0 Å². The zero-order valence-corrected chi connectivity index (χ0v) is 11.6. The second-order valence-corrected chi connectivity index (χ2v) is 6.10. The van der Waals surface area contributed by atoms with Crippen molar-refractivity contribution in [3.05, 3.63) is 35.4 Å². The lowest BCUT2D eigenvalue weighted by molar-refractivity contribution is 0.0909. The van der Waals surface area contributed by atoms with Crippen molar-refractivity contribution < 1.29 is 4.79 Å². The first-order chi connectivity index (χ1) is 9.00. The quantitative estimate of drug-likeness (QED) is 0.883. The van der Waals surface area contributed by atoms with Gasteiger partial charge in [0.25, 0.3) is 5.91 Å². The largest absolute Gasteiger partial charge is 0.349 e. The lowest BCUT2D eigenvalue weighted by atomic mass is 9.75. The van der Waals surface area contributed by atoms with Crippen LogP contribution in [0.3, 0.4) is 0 Å². The molecule has 2 rings (SSSR count). The number of hydrogen-bond acceptors (Lipinski definition) is 2. The van der Waals surface area contributed by atoms with Crippen molar-refractivity contribution in [3.63, 3.8) is 0 Å². The van der Waals surface area contributed by atoms with Gasteiger partial charge in [-0.2, -0.15) is 5.26 Å². The van der Waals surface area contributed by atoms with Crippen LogP contribution in [0.15, 0.2) is 24.3 Å². The molecule has 0 unspecified atom stereocenters. The summed E-state index contributed by atoms with van der Waals surface area (Å²) >= 11 is 0. The molecule has 0 saturated heterocycles. The van der Waals surface area contributed by atoms with Crippen LogP contribution in [0.4, 0.5) is 0 Å². The zero-order chi connectivity index (χ0) is 13.9. The van der Waals surface area contributed by atoms with E-state index in [1.807, 2.05) is 0 Å². The first-order valence-corrected chi connectivity index (χ1v) is 6.81. The third-order valence-electron chi connectivity index (χ3n) is 3.93. The third kappa shape index (κ3) is 3.57. The standard InChI is InChI=1S/C16H20N2O/c1-16(2)8-6-14(7-9-16)18-15(19)13-5-3-4-12(10-13)11-17/h3-5,10,14H,6-9H2,1-2H3,(H,18,19). The van der Waals surface area contributed by atoms with Gasteiger partial charge in [-0.05, 0) is 49.3 Å². The second-order valence-electron chi connectivity index (χ2n) is 6.10. The van der Waals surface area contributed by atoms with Crippen molar-refractivity contribution in [1.82, 2.24) is 5.32 Å². The van der Waals surface area contributed by atoms with Gasteiger partial charge in [0.15, 0.2) is 0 Å². The van der Waals surface area contributed by atoms with E-state index < -0.39 is 0 Å². The topological polar surface area (TPSA) is 52.9 Å². The molecule has 1 aromatic carbocycles. The number of rotatable bonds is 2. The van der Waals surface area contributed by atoms with Crippen molar-refractivity contribution >= 4 is 5.91 Å². The Morgan fingerprint density at radius 2 is 2.05 bits per heavy atom. The number of benzene rings is 1. The molecule has 100 valence electrons. The molecule has 0 spiro atoms. The maximum Gasteiger partial charge on any atom is 0.251 e. The normalized spacial score (nSPS) is 18.6. The van der Waals surface area contributed by atoms with Crippen LogP contribution in [0.25, 0.3) is 0 Å². The van der Waals surface area contributed by atoms with E-state index in [4.69, 9.17) is 5.26 Å². The molecule has 1 aliphatic carbocycles. The monoisotopic (exact) mass is 256 g/mol. The van der Waals surface area contributed by atoms with Crippen molar-refractivity contribution in [3.8, 4) is 6.07 Å². The maximum absolute atomic E-state index is 12.1. The minimum atomic E-state index is -0.0678. The zero-order valence-electron chi connectivity index (χ0n) is 11.6. The van der Waals surface area contributed by atoms with Gasteiger partial charge in [-0.3, -0.25) is 4.79 Å². The minimum absolute atomic E-state index is 0.0678. The highest BCUT2D eigenvalue weighted by Gasteiger charge is 2.27. The molecule has 1 aliphatic rings. The second kappa shape index (κ2) is 5.44. The summed E-state index contributed by atoms with van der Waals surface area (Å²) in [6.45, 7) is 4.56. The molecule has 0 bridgehead atoms. The van der Waals surface area contributed by atoms with Crippen LogP contribution < -0.4 is 5.32 Å². The van der Waals surface area contributed by atoms with Gasteiger partial charge in [0.1, 0.15) is 0 Å². The molecule has 0 aromatic heterocycles. The highest BCUT2D eigenvalue weighted by molar-refractivity contribution is 5.94. The Morgan fingerprint density at radius 3 is 2.68 bits per heavy atom. The van der Waals surface area contributed by atoms with E-state index in [0.29, 0.717) is 16.5 Å². The number of nitrogens with zero attached hydrogens (tertiary/aromatic N) is 1. The predicted molar refractivity (Wildman–Crippen MR) is 74.7 cm³/mol. The van der Waals surface area contributed by atoms with E-state index in [0.717, 1.165) is 25.7 Å². The first-order valence-electron chi connectivity index (χ1n) is 6.81. The molecule has 19 heavy (non-hydrogen) atoms. The Morgan fingerprint density at radius 1 is 1.37 bits per heavy atom. The molecule has 1 saturated carbocycles. The summed E-state index contributed by atoms with van der Waals surface area (Å²) in [7, 11) is 0. The van der Waals surface area contributed by atoms with Crippen molar-refractivity contribution in [1.29, 1.82) is 5.26 Å². The molecule has 1 N–H and O–H groups in total. The van der Waals surface area contributed by atoms with Crippen LogP contribution in [-0.4, -0.2) is 11.9 Å². The molecule has 0 radical (unpaired) electrons. The fraction of sp³-hybridized carbons (Fsp3) is 0.500. The summed E-state index contributed by atoms with van der Waals surface area (Å²) < 4.78 is 0. The van der Waals surface area contributed by atoms with Gasteiger partial charge in [-0.15, -0.1) is 0 Å². The molecule has 1 amide bonds. The van der Waals surface area contributed by atoms with Crippen LogP contribution >= 0.6 is 0 Å². The van der Waals surface area contributed by atoms with Crippen LogP contribution in [0.5, 0.6) is 0 Å². The Labute approximate surface area is 114 Å². The smallest absolute Gasteiger partial charge is 0.251 e. The fourth-order valence-electron chi connectivity index (χ4n) is 2.54. The number of carbonyl (C=O) groups excluding carboxylic acids is 1. The molecule has 0 atom stereocenters. The molecule has 3 heteroatoms. The number of amides is 1. The van der Waals surface area contributed by atoms with Gasteiger partial charge in [0.2, 0.25) is 0 Å². The number of carbonyl (C=O) groups is 1. The summed E-state index contributed by atoms with van der Waals surface area (Å²) in [4.78, 5) is 12.1. The Bertz CT molecular complexity index is 504. The summed E-state index contributed by atoms with van der Waals surface area (Å²) in [5.41, 5.74) is 1.50.